The summed E-state index contributed by atoms with van der Waals surface area (Å²) in [7, 11) is 1.92. The minimum Gasteiger partial charge on any atom is -0.378 e. The molecule has 4 heteroatoms. The third-order valence-corrected chi connectivity index (χ3v) is 5.15. The van der Waals surface area contributed by atoms with Crippen molar-refractivity contribution in [2.24, 2.45) is 5.41 Å². The molecule has 0 aromatic carbocycles. The third kappa shape index (κ3) is 1.81. The van der Waals surface area contributed by atoms with Gasteiger partial charge in [0.05, 0.1) is 6.10 Å². The van der Waals surface area contributed by atoms with Crippen molar-refractivity contribution in [3.63, 3.8) is 0 Å². The van der Waals surface area contributed by atoms with Crippen LogP contribution in [0.4, 0.5) is 4.79 Å². The molecule has 0 heterocycles. The molecule has 0 bridgehead atoms. The average Bonchev–Trinajstić information content (AvgIpc) is 3.07. The van der Waals surface area contributed by atoms with Crippen LogP contribution >= 0.6 is 0 Å². The minimum absolute atomic E-state index is 0.115. The number of hydrogen-bond acceptors (Lipinski definition) is 2. The first-order chi connectivity index (χ1) is 8.67. The smallest absolute Gasteiger partial charge is 0.317 e. The molecule has 2 amide bonds. The fourth-order valence-electron chi connectivity index (χ4n) is 3.52. The van der Waals surface area contributed by atoms with E-state index in [0.717, 1.165) is 13.0 Å². The van der Waals surface area contributed by atoms with Gasteiger partial charge in [0, 0.05) is 31.2 Å². The summed E-state index contributed by atoms with van der Waals surface area (Å²) in [6.07, 6.45) is 7.44. The van der Waals surface area contributed by atoms with E-state index in [1.165, 1.54) is 32.1 Å². The number of urea groups is 1. The predicted octanol–water partition coefficient (Wildman–Crippen LogP) is 2.14. The van der Waals surface area contributed by atoms with E-state index in [9.17, 15) is 4.79 Å². The van der Waals surface area contributed by atoms with Gasteiger partial charge in [-0.25, -0.2) is 4.79 Å². The summed E-state index contributed by atoms with van der Waals surface area (Å²) in [6, 6.07) is 0.949. The van der Waals surface area contributed by atoms with Gasteiger partial charge in [0.2, 0.25) is 0 Å². The summed E-state index contributed by atoms with van der Waals surface area (Å²) in [6.45, 7) is 2.84. The standard InChI is InChI=1S/C14H24N2O2/c1-3-18-12-9-11(14(12)7-4-8-14)15-13(17)16(2)10-5-6-10/h10-12H,3-9H2,1-2H3,(H,15,17)/t11-,12+/m0/s1. The summed E-state index contributed by atoms with van der Waals surface area (Å²) >= 11 is 0. The quantitative estimate of drug-likeness (QED) is 0.833. The van der Waals surface area contributed by atoms with Crippen molar-refractivity contribution in [2.75, 3.05) is 13.7 Å². The Morgan fingerprint density at radius 2 is 2.17 bits per heavy atom. The minimum atomic E-state index is 0.115. The SMILES string of the molecule is CCO[C@@H]1C[C@H](NC(=O)N(C)C2CC2)C12CCC2. The molecule has 4 nitrogen and oxygen atoms in total. The van der Waals surface area contributed by atoms with Crippen molar-refractivity contribution in [3.05, 3.63) is 0 Å². The van der Waals surface area contributed by atoms with Gasteiger partial charge in [0.15, 0.2) is 0 Å². The van der Waals surface area contributed by atoms with Crippen LogP contribution in [0.5, 0.6) is 0 Å². The van der Waals surface area contributed by atoms with Crippen molar-refractivity contribution >= 4 is 6.03 Å². The highest BCUT2D eigenvalue weighted by molar-refractivity contribution is 5.75. The van der Waals surface area contributed by atoms with Crippen LogP contribution in [0.2, 0.25) is 0 Å². The van der Waals surface area contributed by atoms with Gasteiger partial charge in [-0.1, -0.05) is 6.42 Å². The molecule has 0 radical (unpaired) electrons. The first-order valence-electron chi connectivity index (χ1n) is 7.32. The Morgan fingerprint density at radius 3 is 2.67 bits per heavy atom. The van der Waals surface area contributed by atoms with Gasteiger partial charge in [-0.2, -0.15) is 0 Å². The lowest BCUT2D eigenvalue weighted by Gasteiger charge is -2.61. The van der Waals surface area contributed by atoms with Crippen molar-refractivity contribution in [3.8, 4) is 0 Å². The normalized spacial score (nSPS) is 32.6. The zero-order valence-corrected chi connectivity index (χ0v) is 11.4. The van der Waals surface area contributed by atoms with E-state index in [4.69, 9.17) is 4.74 Å². The lowest BCUT2D eigenvalue weighted by Crippen LogP contribution is -2.68. The molecule has 3 aliphatic carbocycles. The monoisotopic (exact) mass is 252 g/mol. The molecule has 3 fully saturated rings. The number of hydrogen-bond donors (Lipinski definition) is 1. The van der Waals surface area contributed by atoms with E-state index in [1.807, 2.05) is 11.9 Å². The van der Waals surface area contributed by atoms with Crippen LogP contribution in [0.25, 0.3) is 0 Å². The Labute approximate surface area is 109 Å². The van der Waals surface area contributed by atoms with Crippen LogP contribution in [0.3, 0.4) is 0 Å². The fourth-order valence-corrected chi connectivity index (χ4v) is 3.52. The molecule has 0 aromatic rings. The highest BCUT2D eigenvalue weighted by Crippen LogP contribution is 2.57. The second-order valence-electron chi connectivity index (χ2n) is 6.11. The van der Waals surface area contributed by atoms with Gasteiger partial charge in [-0.05, 0) is 39.0 Å². The Morgan fingerprint density at radius 1 is 1.44 bits per heavy atom. The Bertz CT molecular complexity index is 337. The van der Waals surface area contributed by atoms with Crippen LogP contribution in [-0.2, 0) is 4.74 Å². The molecular weight excluding hydrogens is 228 g/mol. The lowest BCUT2D eigenvalue weighted by molar-refractivity contribution is -0.169. The van der Waals surface area contributed by atoms with Crippen molar-refractivity contribution in [2.45, 2.75) is 63.6 Å². The molecule has 102 valence electrons. The number of nitrogens with one attached hydrogen (secondary N) is 1. The predicted molar refractivity (Wildman–Crippen MR) is 69.4 cm³/mol. The second kappa shape index (κ2) is 4.41. The topological polar surface area (TPSA) is 41.6 Å². The van der Waals surface area contributed by atoms with E-state index in [-0.39, 0.29) is 11.4 Å². The van der Waals surface area contributed by atoms with E-state index < -0.39 is 0 Å². The summed E-state index contributed by atoms with van der Waals surface area (Å²) in [5.41, 5.74) is 0.274. The molecule has 3 saturated carbocycles. The zero-order chi connectivity index (χ0) is 12.8. The van der Waals surface area contributed by atoms with Gasteiger partial charge in [0.25, 0.3) is 0 Å². The maximum absolute atomic E-state index is 12.1. The molecule has 2 atom stereocenters. The largest absolute Gasteiger partial charge is 0.378 e. The molecule has 0 saturated heterocycles. The number of carbonyl (C=O) groups is 1. The van der Waals surface area contributed by atoms with Crippen LogP contribution in [0.1, 0.15) is 45.4 Å². The highest BCUT2D eigenvalue weighted by Gasteiger charge is 2.59. The summed E-state index contributed by atoms with van der Waals surface area (Å²) in [5, 5.41) is 3.23. The molecule has 0 aliphatic heterocycles. The van der Waals surface area contributed by atoms with Gasteiger partial charge < -0.3 is 15.0 Å². The molecule has 0 aromatic heterocycles. The molecular formula is C14H24N2O2. The molecule has 3 rings (SSSR count). The van der Waals surface area contributed by atoms with Crippen LogP contribution in [-0.4, -0.2) is 42.8 Å². The molecule has 1 N–H and O–H groups in total. The van der Waals surface area contributed by atoms with E-state index >= 15 is 0 Å². The number of amides is 2. The average molecular weight is 252 g/mol. The molecule has 3 aliphatic rings. The maximum Gasteiger partial charge on any atom is 0.317 e. The van der Waals surface area contributed by atoms with Crippen molar-refractivity contribution in [1.82, 2.24) is 10.2 Å². The number of rotatable bonds is 4. The molecule has 0 unspecified atom stereocenters. The summed E-state index contributed by atoms with van der Waals surface area (Å²) < 4.78 is 5.80. The van der Waals surface area contributed by atoms with Gasteiger partial charge in [0.1, 0.15) is 0 Å². The zero-order valence-electron chi connectivity index (χ0n) is 11.4. The maximum atomic E-state index is 12.1. The van der Waals surface area contributed by atoms with Gasteiger partial charge in [-0.15, -0.1) is 0 Å². The molecule has 1 spiro atoms. The van der Waals surface area contributed by atoms with Crippen LogP contribution in [0, 0.1) is 5.41 Å². The summed E-state index contributed by atoms with van der Waals surface area (Å²) in [5.74, 6) is 0. The first kappa shape index (κ1) is 12.3. The van der Waals surface area contributed by atoms with Crippen LogP contribution < -0.4 is 5.32 Å². The highest BCUT2D eigenvalue weighted by atomic mass is 16.5. The first-order valence-corrected chi connectivity index (χ1v) is 7.32. The Balaban J connectivity index is 1.55. The van der Waals surface area contributed by atoms with E-state index in [2.05, 4.69) is 12.2 Å². The Kier molecular flexibility index (Phi) is 3.00. The van der Waals surface area contributed by atoms with Crippen molar-refractivity contribution in [1.29, 1.82) is 0 Å². The number of nitrogens with zero attached hydrogens (tertiary/aromatic N) is 1. The van der Waals surface area contributed by atoms with Crippen molar-refractivity contribution < 1.29 is 9.53 Å². The van der Waals surface area contributed by atoms with Crippen LogP contribution in [0.15, 0.2) is 0 Å². The second-order valence-corrected chi connectivity index (χ2v) is 6.11. The van der Waals surface area contributed by atoms with Gasteiger partial charge >= 0.3 is 6.03 Å². The third-order valence-electron chi connectivity index (χ3n) is 5.15. The Hall–Kier alpha value is -0.770. The number of carbonyl (C=O) groups excluding carboxylic acids is 1. The summed E-state index contributed by atoms with van der Waals surface area (Å²) in [4.78, 5) is 14.0. The lowest BCUT2D eigenvalue weighted by atomic mass is 9.51. The van der Waals surface area contributed by atoms with Gasteiger partial charge in [-0.3, -0.25) is 0 Å². The van der Waals surface area contributed by atoms with E-state index in [0.29, 0.717) is 18.2 Å². The fraction of sp³-hybridized carbons (Fsp3) is 0.929. The molecule has 18 heavy (non-hydrogen) atoms. The van der Waals surface area contributed by atoms with E-state index in [1.54, 1.807) is 0 Å². The number of ether oxygens (including phenoxy) is 1.